The van der Waals surface area contributed by atoms with Crippen LogP contribution in [-0.4, -0.2) is 88.3 Å². The predicted molar refractivity (Wildman–Crippen MR) is 323 cm³/mol. The summed E-state index contributed by atoms with van der Waals surface area (Å²) in [4.78, 5) is 40.7. The number of nitrogens with one attached hydrogen (secondary N) is 2. The van der Waals surface area contributed by atoms with Crippen molar-refractivity contribution >= 4 is 102 Å². The number of phosphoric acid groups is 1. The number of carbonyl (C=O) groups excluding carboxylic acids is 3. The summed E-state index contributed by atoms with van der Waals surface area (Å²) < 4.78 is 70.8. The van der Waals surface area contributed by atoms with Crippen LogP contribution in [0, 0.1) is 5.41 Å². The van der Waals surface area contributed by atoms with Gasteiger partial charge >= 0.3 is 26.0 Å². The fraction of sp³-hybridized carbons (Fsp3) is 0.627. The van der Waals surface area contributed by atoms with Crippen molar-refractivity contribution in [3.8, 4) is 11.5 Å². The maximum absolute atomic E-state index is 15.4. The van der Waals surface area contributed by atoms with Gasteiger partial charge in [-0.15, -0.1) is 0 Å². The monoisotopic (exact) mass is 1280 g/mol. The third kappa shape index (κ3) is 30.6. The summed E-state index contributed by atoms with van der Waals surface area (Å²) >= 11 is 36.3. The van der Waals surface area contributed by atoms with Crippen molar-refractivity contribution < 1.29 is 65.7 Å². The molecular weight excluding hydrogens is 1200 g/mol. The van der Waals surface area contributed by atoms with E-state index in [1.54, 1.807) is 66.7 Å². The molecule has 0 unspecified atom stereocenters. The minimum absolute atomic E-state index is 0.0601. The fourth-order valence-electron chi connectivity index (χ4n) is 8.92. The Balaban J connectivity index is 1.71. The van der Waals surface area contributed by atoms with Crippen molar-refractivity contribution in [2.45, 2.75) is 212 Å². The standard InChI is InChI=1S/C59H83Cl6N2O14P/c1-3-5-7-9-11-13-14-16-18-20-31-39-50(68)76-46(34-26-19-17-15-12-10-8-6-4-2)40-41-72-53-51(67-56(69)75-44-58(60,61)62)54(78-55(66)59(63,64)65)77-49(43-74-57(70)73-42-45-32-24-21-25-33-45)52(53)81-82(71,79-47-35-27-22-28-36-47)80-48-37-29-23-30-38-48/h21-25,27-30,32-33,35-38,46,49,51-54,66H,3-20,26,31,34,39-44H2,1-2H3,(H,67,69)/t46-,49-,51-,52-,53-,54-/m1/s1. The second-order valence-electron chi connectivity index (χ2n) is 20.1. The van der Waals surface area contributed by atoms with Gasteiger partial charge in [-0.2, -0.15) is 0 Å². The molecule has 1 heterocycles. The lowest BCUT2D eigenvalue weighted by atomic mass is 9.96. The summed E-state index contributed by atoms with van der Waals surface area (Å²) in [6.07, 6.45) is 13.3. The van der Waals surface area contributed by atoms with Gasteiger partial charge < -0.3 is 47.5 Å². The van der Waals surface area contributed by atoms with Crippen LogP contribution in [0.5, 0.6) is 11.5 Å². The van der Waals surface area contributed by atoms with Gasteiger partial charge in [0.1, 0.15) is 61.8 Å². The Bertz CT molecular complexity index is 2240. The molecule has 16 nitrogen and oxygen atoms in total. The molecule has 3 aromatic carbocycles. The minimum atomic E-state index is -4.95. The molecule has 460 valence electrons. The van der Waals surface area contributed by atoms with E-state index in [4.69, 9.17) is 122 Å². The van der Waals surface area contributed by atoms with E-state index in [2.05, 4.69) is 19.2 Å². The van der Waals surface area contributed by atoms with E-state index in [-0.39, 0.29) is 43.5 Å². The van der Waals surface area contributed by atoms with Gasteiger partial charge in [-0.05, 0) is 49.1 Å². The van der Waals surface area contributed by atoms with Crippen molar-refractivity contribution in [3.63, 3.8) is 0 Å². The second kappa shape index (κ2) is 40.1. The summed E-state index contributed by atoms with van der Waals surface area (Å²) in [5.41, 5.74) is 0.658. The molecule has 1 aliphatic heterocycles. The molecule has 0 radical (unpaired) electrons. The number of hydrogen-bond acceptors (Lipinski definition) is 15. The van der Waals surface area contributed by atoms with Gasteiger partial charge in [0.2, 0.25) is 16.0 Å². The Hall–Kier alpha value is -3.41. The zero-order valence-corrected chi connectivity index (χ0v) is 52.6. The van der Waals surface area contributed by atoms with Crippen molar-refractivity contribution in [1.82, 2.24) is 5.32 Å². The lowest BCUT2D eigenvalue weighted by molar-refractivity contribution is -0.254. The molecular formula is C59H83Cl6N2O14P. The molecule has 4 rings (SSSR count). The number of rotatable bonds is 40. The maximum atomic E-state index is 15.4. The molecule has 0 spiro atoms. The van der Waals surface area contributed by atoms with Crippen molar-refractivity contribution in [2.75, 3.05) is 19.8 Å². The van der Waals surface area contributed by atoms with Crippen LogP contribution < -0.4 is 14.4 Å². The van der Waals surface area contributed by atoms with Gasteiger partial charge in [0.05, 0.1) is 6.61 Å². The number of esters is 1. The van der Waals surface area contributed by atoms with E-state index >= 15 is 4.57 Å². The van der Waals surface area contributed by atoms with Gasteiger partial charge in [-0.25, -0.2) is 14.2 Å². The molecule has 82 heavy (non-hydrogen) atoms. The zero-order valence-electron chi connectivity index (χ0n) is 47.1. The Kier molecular flexibility index (Phi) is 34.7. The highest BCUT2D eigenvalue weighted by Gasteiger charge is 2.55. The number of carbonyl (C=O) groups is 3. The van der Waals surface area contributed by atoms with E-state index in [1.807, 2.05) is 0 Å². The van der Waals surface area contributed by atoms with Crippen LogP contribution in [0.3, 0.4) is 0 Å². The van der Waals surface area contributed by atoms with Crippen molar-refractivity contribution in [3.05, 3.63) is 96.6 Å². The number of phosphoric ester groups is 1. The molecule has 0 aromatic heterocycles. The molecule has 6 atom stereocenters. The third-order valence-corrected chi connectivity index (χ3v) is 15.4. The van der Waals surface area contributed by atoms with Crippen molar-refractivity contribution in [1.29, 1.82) is 5.41 Å². The Labute approximate surface area is 515 Å². The summed E-state index contributed by atoms with van der Waals surface area (Å²) in [5.74, 6) is -1.19. The van der Waals surface area contributed by atoms with Crippen LogP contribution in [0.2, 0.25) is 0 Å². The first-order chi connectivity index (χ1) is 39.4. The molecule has 2 N–H and O–H groups in total. The van der Waals surface area contributed by atoms with Gasteiger partial charge in [-0.3, -0.25) is 14.7 Å². The quantitative estimate of drug-likeness (QED) is 0.0104. The van der Waals surface area contributed by atoms with Crippen LogP contribution >= 0.6 is 77.4 Å². The lowest BCUT2D eigenvalue weighted by Crippen LogP contribution is -2.66. The third-order valence-electron chi connectivity index (χ3n) is 13.2. The van der Waals surface area contributed by atoms with Crippen LogP contribution in [-0.2, 0) is 53.6 Å². The molecule has 0 saturated carbocycles. The average Bonchev–Trinajstić information content (AvgIpc) is 2.80. The molecule has 3 aromatic rings. The molecule has 1 fully saturated rings. The van der Waals surface area contributed by atoms with Gasteiger partial charge in [0.25, 0.3) is 3.79 Å². The summed E-state index contributed by atoms with van der Waals surface area (Å²) in [6, 6.07) is 23.2. The number of hydrogen-bond donors (Lipinski definition) is 2. The van der Waals surface area contributed by atoms with Gasteiger partial charge in [0, 0.05) is 12.8 Å². The number of amides is 1. The SMILES string of the molecule is CCCCCCCCCCCCCC(=O)O[C@H](CCCCCCCCCCC)CCO[C@@H]1[C@@H](NC(=O)OCC(Cl)(Cl)Cl)[C@@H](OC(=N)C(Cl)(Cl)Cl)O[C@H](COC(=O)OCc2ccccc2)[C@H]1OP(=O)(Oc1ccccc1)Oc1ccccc1. The molecule has 1 amide bonds. The Morgan fingerprint density at radius 3 is 1.65 bits per heavy atom. The van der Waals surface area contributed by atoms with Crippen molar-refractivity contribution in [2.24, 2.45) is 0 Å². The zero-order chi connectivity index (χ0) is 59.5. The average molecular weight is 1290 g/mol. The largest absolute Gasteiger partial charge is 0.588 e. The molecule has 1 aliphatic rings. The number of ether oxygens (including phenoxy) is 7. The normalized spacial score (nSPS) is 17.7. The number of para-hydroxylation sites is 2. The summed E-state index contributed by atoms with van der Waals surface area (Å²) in [7, 11) is -4.95. The molecule has 1 saturated heterocycles. The number of alkyl halides is 6. The first-order valence-electron chi connectivity index (χ1n) is 28.8. The van der Waals surface area contributed by atoms with Gasteiger partial charge in [-0.1, -0.05) is 266 Å². The van der Waals surface area contributed by atoms with E-state index in [1.165, 1.54) is 94.9 Å². The predicted octanol–water partition coefficient (Wildman–Crippen LogP) is 17.9. The maximum Gasteiger partial charge on any atom is 0.588 e. The molecule has 23 heteroatoms. The first-order valence-corrected chi connectivity index (χ1v) is 32.5. The van der Waals surface area contributed by atoms with Crippen LogP contribution in [0.1, 0.15) is 167 Å². The Morgan fingerprint density at radius 2 is 1.13 bits per heavy atom. The van der Waals surface area contributed by atoms with E-state index in [0.717, 1.165) is 51.4 Å². The van der Waals surface area contributed by atoms with E-state index < -0.39 is 83.5 Å². The van der Waals surface area contributed by atoms with E-state index in [9.17, 15) is 14.4 Å². The fourth-order valence-corrected chi connectivity index (χ4v) is 10.7. The lowest BCUT2D eigenvalue weighted by Gasteiger charge is -2.46. The summed E-state index contributed by atoms with van der Waals surface area (Å²) in [6.45, 7) is 2.55. The summed E-state index contributed by atoms with van der Waals surface area (Å²) in [5, 5.41) is 11.2. The smallest absolute Gasteiger partial charge is 0.462 e. The van der Waals surface area contributed by atoms with Crippen LogP contribution in [0.25, 0.3) is 0 Å². The van der Waals surface area contributed by atoms with Crippen LogP contribution in [0.15, 0.2) is 91.0 Å². The van der Waals surface area contributed by atoms with Crippen LogP contribution in [0.4, 0.5) is 9.59 Å². The van der Waals surface area contributed by atoms with E-state index in [0.29, 0.717) is 18.4 Å². The number of unbranched alkanes of at least 4 members (excludes halogenated alkanes) is 18. The highest BCUT2D eigenvalue weighted by atomic mass is 35.6. The highest BCUT2D eigenvalue weighted by Crippen LogP contribution is 2.52. The number of alkyl carbamates (subject to hydrolysis) is 1. The minimum Gasteiger partial charge on any atom is -0.462 e. The molecule has 0 bridgehead atoms. The Morgan fingerprint density at radius 1 is 0.634 bits per heavy atom. The first kappa shape index (κ1) is 71.1. The number of benzene rings is 3. The second-order valence-corrected chi connectivity index (χ2v) is 26.4. The topological polar surface area (TPSA) is 196 Å². The highest BCUT2D eigenvalue weighted by molar-refractivity contribution is 7.49. The number of halogens is 6. The van der Waals surface area contributed by atoms with Gasteiger partial charge in [0.15, 0.2) is 0 Å². The molecule has 0 aliphatic carbocycles.